The van der Waals surface area contributed by atoms with Gasteiger partial charge in [0, 0.05) is 14.4 Å². The van der Waals surface area contributed by atoms with E-state index in [1.54, 1.807) is 0 Å². The van der Waals surface area contributed by atoms with Crippen molar-refractivity contribution in [2.75, 3.05) is 0 Å². The molecule has 5 rings (SSSR count). The number of rotatable bonds is 0. The van der Waals surface area contributed by atoms with Gasteiger partial charge in [-0.1, -0.05) is 76.0 Å². The maximum atomic E-state index is 3.78. The van der Waals surface area contributed by atoms with Crippen molar-refractivity contribution in [2.24, 2.45) is 0 Å². The molecule has 4 aromatic rings. The zero-order valence-corrected chi connectivity index (χ0v) is 16.0. The van der Waals surface area contributed by atoms with E-state index in [-0.39, 0.29) is 5.41 Å². The first-order valence-electron chi connectivity index (χ1n) is 7.76. The Kier molecular flexibility index (Phi) is 2.66. The minimum absolute atomic E-state index is 0.0103. The summed E-state index contributed by atoms with van der Waals surface area (Å²) in [7, 11) is 0. The Morgan fingerprint density at radius 3 is 2.26 bits per heavy atom. The fraction of sp³-hybridized carbons (Fsp3) is 0.143. The van der Waals surface area contributed by atoms with Gasteiger partial charge < -0.3 is 0 Å². The monoisotopic (exact) mass is 424 g/mol. The average Bonchev–Trinajstić information content (AvgIpc) is 2.52. The molecule has 0 heterocycles. The first kappa shape index (κ1) is 14.0. The number of halogens is 2. The second-order valence-corrected chi connectivity index (χ2v) is 8.70. The summed E-state index contributed by atoms with van der Waals surface area (Å²) in [6.07, 6.45) is 0. The molecule has 4 aromatic carbocycles. The maximum absolute atomic E-state index is 3.78. The Hall–Kier alpha value is -1.38. The third-order valence-corrected chi connectivity index (χ3v) is 6.43. The first-order chi connectivity index (χ1) is 11.0. The summed E-state index contributed by atoms with van der Waals surface area (Å²) >= 11 is 7.48. The van der Waals surface area contributed by atoms with E-state index in [0.717, 1.165) is 4.47 Å². The van der Waals surface area contributed by atoms with E-state index in [9.17, 15) is 0 Å². The molecule has 0 atom stereocenters. The van der Waals surface area contributed by atoms with Crippen LogP contribution in [0.5, 0.6) is 0 Å². The van der Waals surface area contributed by atoms with Gasteiger partial charge in [0.2, 0.25) is 0 Å². The predicted molar refractivity (Wildman–Crippen MR) is 106 cm³/mol. The molecule has 0 saturated heterocycles. The summed E-state index contributed by atoms with van der Waals surface area (Å²) < 4.78 is 2.33. The lowest BCUT2D eigenvalue weighted by atomic mass is 9.69. The Morgan fingerprint density at radius 2 is 1.48 bits per heavy atom. The van der Waals surface area contributed by atoms with Gasteiger partial charge in [-0.15, -0.1) is 0 Å². The van der Waals surface area contributed by atoms with Crippen molar-refractivity contribution >= 4 is 64.2 Å². The van der Waals surface area contributed by atoms with Crippen molar-refractivity contribution in [1.29, 1.82) is 0 Å². The van der Waals surface area contributed by atoms with Gasteiger partial charge >= 0.3 is 0 Å². The van der Waals surface area contributed by atoms with Crippen molar-refractivity contribution < 1.29 is 0 Å². The first-order valence-corrected chi connectivity index (χ1v) is 9.35. The highest BCUT2D eigenvalue weighted by Gasteiger charge is 2.32. The van der Waals surface area contributed by atoms with Crippen LogP contribution >= 0.6 is 31.9 Å². The molecule has 2 heteroatoms. The predicted octanol–water partition coefficient (Wildman–Crippen LogP) is 7.31. The molecule has 1 aliphatic carbocycles. The van der Waals surface area contributed by atoms with E-state index in [2.05, 4.69) is 94.2 Å². The standard InChI is InChI=1S/C21H14Br2/c1-21(2)15-5-3-4-14-17(23)9-12-7-6-11-8-13(22)10-16(21)18(11)19(12)20(14)15/h3-10H,1-2H3. The van der Waals surface area contributed by atoms with Crippen LogP contribution in [0.3, 0.4) is 0 Å². The largest absolute Gasteiger partial charge is 0.0613 e. The highest BCUT2D eigenvalue weighted by Crippen LogP contribution is 2.50. The van der Waals surface area contributed by atoms with E-state index in [4.69, 9.17) is 0 Å². The van der Waals surface area contributed by atoms with Crippen LogP contribution in [0.1, 0.15) is 25.0 Å². The molecule has 0 bridgehead atoms. The van der Waals surface area contributed by atoms with Gasteiger partial charge in [-0.25, -0.2) is 0 Å². The minimum atomic E-state index is -0.0103. The van der Waals surface area contributed by atoms with Crippen molar-refractivity contribution in [2.45, 2.75) is 19.3 Å². The quantitative estimate of drug-likeness (QED) is 0.259. The van der Waals surface area contributed by atoms with Crippen molar-refractivity contribution in [3.05, 3.63) is 68.6 Å². The van der Waals surface area contributed by atoms with Crippen molar-refractivity contribution in [3.63, 3.8) is 0 Å². The molecule has 0 aliphatic heterocycles. The van der Waals surface area contributed by atoms with E-state index in [1.807, 2.05) is 0 Å². The fourth-order valence-corrected chi connectivity index (χ4v) is 5.28. The summed E-state index contributed by atoms with van der Waals surface area (Å²) in [5, 5.41) is 8.15. The molecule has 0 amide bonds. The Morgan fingerprint density at radius 1 is 0.739 bits per heavy atom. The molecule has 0 radical (unpaired) electrons. The highest BCUT2D eigenvalue weighted by molar-refractivity contribution is 9.11. The van der Waals surface area contributed by atoms with Gasteiger partial charge in [0.15, 0.2) is 0 Å². The van der Waals surface area contributed by atoms with Crippen LogP contribution < -0.4 is 0 Å². The molecule has 0 nitrogen and oxygen atoms in total. The molecule has 0 aromatic heterocycles. The van der Waals surface area contributed by atoms with E-state index < -0.39 is 0 Å². The van der Waals surface area contributed by atoms with Crippen molar-refractivity contribution in [1.82, 2.24) is 0 Å². The molecule has 23 heavy (non-hydrogen) atoms. The number of benzene rings is 4. The normalized spacial score (nSPS) is 15.3. The molecule has 0 spiro atoms. The van der Waals surface area contributed by atoms with Gasteiger partial charge in [-0.05, 0) is 61.6 Å². The molecule has 1 aliphatic rings. The van der Waals surface area contributed by atoms with Crippen LogP contribution in [0.25, 0.3) is 32.3 Å². The Balaban J connectivity index is 2.25. The van der Waals surface area contributed by atoms with Gasteiger partial charge in [0.25, 0.3) is 0 Å². The third-order valence-electron chi connectivity index (χ3n) is 5.32. The van der Waals surface area contributed by atoms with Crippen LogP contribution in [0, 0.1) is 0 Å². The second-order valence-electron chi connectivity index (χ2n) is 6.93. The SMILES string of the molecule is CC1(C)c2cc(Br)cc3ccc4cc(Br)c5cccc1c5c4c23. The van der Waals surface area contributed by atoms with Crippen molar-refractivity contribution in [3.8, 4) is 0 Å². The molecule has 0 fully saturated rings. The average molecular weight is 426 g/mol. The Labute approximate surface area is 151 Å². The molecular weight excluding hydrogens is 412 g/mol. The molecule has 0 N–H and O–H groups in total. The summed E-state index contributed by atoms with van der Waals surface area (Å²) in [5.41, 5.74) is 2.82. The van der Waals surface area contributed by atoms with Crippen LogP contribution in [-0.2, 0) is 5.41 Å². The van der Waals surface area contributed by atoms with Crippen LogP contribution in [0.2, 0.25) is 0 Å². The highest BCUT2D eigenvalue weighted by atomic mass is 79.9. The molecule has 0 unspecified atom stereocenters. The smallest absolute Gasteiger partial charge is 0.0260 e. The zero-order valence-electron chi connectivity index (χ0n) is 12.9. The summed E-state index contributed by atoms with van der Waals surface area (Å²) in [4.78, 5) is 0. The summed E-state index contributed by atoms with van der Waals surface area (Å²) in [6.45, 7) is 4.68. The minimum Gasteiger partial charge on any atom is -0.0613 e. The number of hydrogen-bond donors (Lipinski definition) is 0. The number of hydrogen-bond acceptors (Lipinski definition) is 0. The van der Waals surface area contributed by atoms with Gasteiger partial charge in [-0.3, -0.25) is 0 Å². The zero-order chi connectivity index (χ0) is 15.9. The summed E-state index contributed by atoms with van der Waals surface area (Å²) in [6, 6.07) is 18.0. The third kappa shape index (κ3) is 1.66. The van der Waals surface area contributed by atoms with Crippen LogP contribution in [0.4, 0.5) is 0 Å². The van der Waals surface area contributed by atoms with E-state index >= 15 is 0 Å². The van der Waals surface area contributed by atoms with Gasteiger partial charge in [0.1, 0.15) is 0 Å². The van der Waals surface area contributed by atoms with Crippen LogP contribution in [0.15, 0.2) is 57.5 Å². The molecule has 112 valence electrons. The molecule has 0 saturated carbocycles. The summed E-state index contributed by atoms with van der Waals surface area (Å²) in [5.74, 6) is 0. The Bertz CT molecular complexity index is 1150. The maximum Gasteiger partial charge on any atom is 0.0260 e. The van der Waals surface area contributed by atoms with E-state index in [0.29, 0.717) is 0 Å². The lowest BCUT2D eigenvalue weighted by molar-refractivity contribution is 0.651. The van der Waals surface area contributed by atoms with Crippen LogP contribution in [-0.4, -0.2) is 0 Å². The lowest BCUT2D eigenvalue weighted by Gasteiger charge is -2.34. The van der Waals surface area contributed by atoms with Gasteiger partial charge in [-0.2, -0.15) is 0 Å². The van der Waals surface area contributed by atoms with E-state index in [1.165, 1.54) is 47.9 Å². The topological polar surface area (TPSA) is 0 Å². The van der Waals surface area contributed by atoms with Gasteiger partial charge in [0.05, 0.1) is 0 Å². The lowest BCUT2D eigenvalue weighted by Crippen LogP contribution is -2.22. The second kappa shape index (κ2) is 4.37. The fourth-order valence-electron chi connectivity index (χ4n) is 4.23. The molecular formula is C21H14Br2.